The summed E-state index contributed by atoms with van der Waals surface area (Å²) in [5.41, 5.74) is 0.262. The predicted octanol–water partition coefficient (Wildman–Crippen LogP) is 2.84. The molecule has 0 atom stereocenters. The summed E-state index contributed by atoms with van der Waals surface area (Å²) in [4.78, 5) is 14.2. The minimum absolute atomic E-state index is 0.262. The van der Waals surface area contributed by atoms with Crippen LogP contribution in [0.5, 0.6) is 0 Å². The number of carbonyl (C=O) groups excluding carboxylic acids is 1. The molecule has 104 valence electrons. The van der Waals surface area contributed by atoms with Crippen molar-refractivity contribution < 1.29 is 9.53 Å². The van der Waals surface area contributed by atoms with Gasteiger partial charge in [0.25, 0.3) is 0 Å². The summed E-state index contributed by atoms with van der Waals surface area (Å²) in [6, 6.07) is 0. The Morgan fingerprint density at radius 3 is 2.50 bits per heavy atom. The Balaban J connectivity index is 1.78. The van der Waals surface area contributed by atoms with Crippen molar-refractivity contribution in [1.29, 1.82) is 0 Å². The summed E-state index contributed by atoms with van der Waals surface area (Å²) < 4.78 is 5.41. The Labute approximate surface area is 111 Å². The Kier molecular flexibility index (Phi) is 4.66. The van der Waals surface area contributed by atoms with E-state index in [1.807, 2.05) is 11.9 Å². The fraction of sp³-hybridized carbons (Fsp3) is 0.933. The predicted molar refractivity (Wildman–Crippen MR) is 72.4 cm³/mol. The standard InChI is InChI=1S/C15H27NO2/c1-15(7-9-18-10-8-15)12-16(2)14(17)11-13-5-3-4-6-13/h13H,3-12H2,1-2H3. The van der Waals surface area contributed by atoms with Crippen molar-refractivity contribution in [2.75, 3.05) is 26.8 Å². The van der Waals surface area contributed by atoms with Gasteiger partial charge in [-0.25, -0.2) is 0 Å². The van der Waals surface area contributed by atoms with E-state index in [0.717, 1.165) is 39.0 Å². The summed E-state index contributed by atoms with van der Waals surface area (Å²) in [6.07, 6.45) is 8.06. The summed E-state index contributed by atoms with van der Waals surface area (Å²) in [6.45, 7) is 4.87. The molecule has 0 aromatic carbocycles. The quantitative estimate of drug-likeness (QED) is 0.771. The highest BCUT2D eigenvalue weighted by Gasteiger charge is 2.30. The fourth-order valence-electron chi connectivity index (χ4n) is 3.30. The van der Waals surface area contributed by atoms with Crippen LogP contribution in [0.15, 0.2) is 0 Å². The van der Waals surface area contributed by atoms with Crippen LogP contribution in [0.25, 0.3) is 0 Å². The van der Waals surface area contributed by atoms with Gasteiger partial charge in [-0.3, -0.25) is 4.79 Å². The van der Waals surface area contributed by atoms with E-state index in [2.05, 4.69) is 6.92 Å². The molecule has 3 heteroatoms. The van der Waals surface area contributed by atoms with Gasteiger partial charge in [0.05, 0.1) is 0 Å². The van der Waals surface area contributed by atoms with Gasteiger partial charge < -0.3 is 9.64 Å². The molecule has 2 fully saturated rings. The Morgan fingerprint density at radius 1 is 1.28 bits per heavy atom. The maximum Gasteiger partial charge on any atom is 0.222 e. The summed E-state index contributed by atoms with van der Waals surface area (Å²) in [7, 11) is 1.97. The number of rotatable bonds is 4. The van der Waals surface area contributed by atoms with Crippen molar-refractivity contribution in [3.63, 3.8) is 0 Å². The van der Waals surface area contributed by atoms with Gasteiger partial charge in [0.15, 0.2) is 0 Å². The molecule has 0 N–H and O–H groups in total. The number of carbonyl (C=O) groups is 1. The van der Waals surface area contributed by atoms with E-state index in [-0.39, 0.29) is 5.41 Å². The van der Waals surface area contributed by atoms with E-state index in [4.69, 9.17) is 4.74 Å². The molecular formula is C15H27NO2. The van der Waals surface area contributed by atoms with Crippen LogP contribution in [-0.4, -0.2) is 37.6 Å². The molecule has 3 nitrogen and oxygen atoms in total. The van der Waals surface area contributed by atoms with Gasteiger partial charge in [0.1, 0.15) is 0 Å². The van der Waals surface area contributed by atoms with E-state index < -0.39 is 0 Å². The van der Waals surface area contributed by atoms with Crippen LogP contribution < -0.4 is 0 Å². The van der Waals surface area contributed by atoms with Crippen LogP contribution in [0.2, 0.25) is 0 Å². The van der Waals surface area contributed by atoms with E-state index in [0.29, 0.717) is 11.8 Å². The Hall–Kier alpha value is -0.570. The van der Waals surface area contributed by atoms with E-state index in [1.165, 1.54) is 25.7 Å². The smallest absolute Gasteiger partial charge is 0.222 e. The van der Waals surface area contributed by atoms with Crippen molar-refractivity contribution in [2.45, 2.75) is 51.9 Å². The van der Waals surface area contributed by atoms with Gasteiger partial charge in [-0.05, 0) is 37.0 Å². The molecule has 0 unspecified atom stereocenters. The first-order chi connectivity index (χ1) is 8.59. The molecule has 18 heavy (non-hydrogen) atoms. The Bertz CT molecular complexity index is 278. The molecule has 0 aromatic rings. The number of ether oxygens (including phenoxy) is 1. The van der Waals surface area contributed by atoms with Crippen LogP contribution in [0.1, 0.15) is 51.9 Å². The van der Waals surface area contributed by atoms with E-state index in [1.54, 1.807) is 0 Å². The lowest BCUT2D eigenvalue weighted by atomic mass is 9.82. The highest BCUT2D eigenvalue weighted by molar-refractivity contribution is 5.76. The van der Waals surface area contributed by atoms with E-state index in [9.17, 15) is 4.79 Å². The first-order valence-electron chi connectivity index (χ1n) is 7.41. The topological polar surface area (TPSA) is 29.5 Å². The minimum atomic E-state index is 0.262. The molecule has 1 amide bonds. The largest absolute Gasteiger partial charge is 0.381 e. The lowest BCUT2D eigenvalue weighted by Crippen LogP contribution is -2.40. The van der Waals surface area contributed by atoms with Crippen LogP contribution in [-0.2, 0) is 9.53 Å². The minimum Gasteiger partial charge on any atom is -0.381 e. The first-order valence-corrected chi connectivity index (χ1v) is 7.41. The lowest BCUT2D eigenvalue weighted by Gasteiger charge is -2.37. The lowest BCUT2D eigenvalue weighted by molar-refractivity contribution is -0.133. The second-order valence-electron chi connectivity index (χ2n) is 6.53. The molecule has 1 aliphatic carbocycles. The van der Waals surface area contributed by atoms with E-state index >= 15 is 0 Å². The van der Waals surface area contributed by atoms with Crippen LogP contribution in [0.4, 0.5) is 0 Å². The normalized spacial score (nSPS) is 24.1. The molecular weight excluding hydrogens is 226 g/mol. The van der Waals surface area contributed by atoms with Crippen LogP contribution in [0.3, 0.4) is 0 Å². The van der Waals surface area contributed by atoms with Gasteiger partial charge in [-0.1, -0.05) is 19.8 Å². The highest BCUT2D eigenvalue weighted by atomic mass is 16.5. The molecule has 0 aromatic heterocycles. The molecule has 0 radical (unpaired) electrons. The average Bonchev–Trinajstić information content (AvgIpc) is 2.82. The summed E-state index contributed by atoms with van der Waals surface area (Å²) >= 11 is 0. The highest BCUT2D eigenvalue weighted by Crippen LogP contribution is 2.32. The van der Waals surface area contributed by atoms with Crippen LogP contribution in [0, 0.1) is 11.3 Å². The van der Waals surface area contributed by atoms with Gasteiger partial charge in [-0.2, -0.15) is 0 Å². The van der Waals surface area contributed by atoms with Gasteiger partial charge in [0, 0.05) is 33.2 Å². The maximum atomic E-state index is 12.2. The number of hydrogen-bond acceptors (Lipinski definition) is 2. The van der Waals surface area contributed by atoms with Crippen molar-refractivity contribution in [3.8, 4) is 0 Å². The van der Waals surface area contributed by atoms with Crippen molar-refractivity contribution in [3.05, 3.63) is 0 Å². The SMILES string of the molecule is CN(CC1(C)CCOCC1)C(=O)CC1CCCC1. The first kappa shape index (κ1) is 13.9. The maximum absolute atomic E-state index is 12.2. The van der Waals surface area contributed by atoms with Gasteiger partial charge in [-0.15, -0.1) is 0 Å². The third kappa shape index (κ3) is 3.71. The third-order valence-electron chi connectivity index (χ3n) is 4.68. The molecule has 2 rings (SSSR count). The molecule has 2 aliphatic rings. The molecule has 1 heterocycles. The number of nitrogens with zero attached hydrogens (tertiary/aromatic N) is 1. The second kappa shape index (κ2) is 6.05. The zero-order valence-corrected chi connectivity index (χ0v) is 11.9. The van der Waals surface area contributed by atoms with Crippen molar-refractivity contribution in [1.82, 2.24) is 4.90 Å². The summed E-state index contributed by atoms with van der Waals surface area (Å²) in [5.74, 6) is 0.997. The zero-order chi connectivity index (χ0) is 13.0. The van der Waals surface area contributed by atoms with Gasteiger partial charge >= 0.3 is 0 Å². The van der Waals surface area contributed by atoms with Gasteiger partial charge in [0.2, 0.25) is 5.91 Å². The molecule has 1 saturated carbocycles. The van der Waals surface area contributed by atoms with Crippen molar-refractivity contribution in [2.24, 2.45) is 11.3 Å². The monoisotopic (exact) mass is 253 g/mol. The summed E-state index contributed by atoms with van der Waals surface area (Å²) in [5, 5.41) is 0. The van der Waals surface area contributed by atoms with Crippen molar-refractivity contribution >= 4 is 5.91 Å². The number of amides is 1. The Morgan fingerprint density at radius 2 is 1.89 bits per heavy atom. The molecule has 0 spiro atoms. The molecule has 1 aliphatic heterocycles. The van der Waals surface area contributed by atoms with Crippen LogP contribution >= 0.6 is 0 Å². The fourth-order valence-corrected chi connectivity index (χ4v) is 3.30. The molecule has 0 bridgehead atoms. The third-order valence-corrected chi connectivity index (χ3v) is 4.68. The number of hydrogen-bond donors (Lipinski definition) is 0. The average molecular weight is 253 g/mol. The molecule has 1 saturated heterocycles. The second-order valence-corrected chi connectivity index (χ2v) is 6.53. The zero-order valence-electron chi connectivity index (χ0n) is 11.9.